The first kappa shape index (κ1) is 37.4. The van der Waals surface area contributed by atoms with Crippen LogP contribution >= 0.6 is 0 Å². The summed E-state index contributed by atoms with van der Waals surface area (Å²) >= 11 is 0. The van der Waals surface area contributed by atoms with Crippen LogP contribution in [0.2, 0.25) is 0 Å². The Hall–Kier alpha value is -2.65. The van der Waals surface area contributed by atoms with Gasteiger partial charge in [-0.25, -0.2) is 23.4 Å². The minimum atomic E-state index is -6.09. The van der Waals surface area contributed by atoms with Gasteiger partial charge in [0.1, 0.15) is 11.4 Å². The van der Waals surface area contributed by atoms with E-state index in [0.29, 0.717) is 0 Å². The molecule has 0 aliphatic carbocycles. The molecule has 0 unspecified atom stereocenters. The minimum absolute atomic E-state index is 0. The largest absolute Gasteiger partial charge is 1.00 e. The number of alkyl halides is 3. The molecule has 0 spiro atoms. The van der Waals surface area contributed by atoms with Crippen LogP contribution in [0.1, 0.15) is 65.2 Å². The molecule has 0 atom stereocenters. The van der Waals surface area contributed by atoms with E-state index < -0.39 is 15.6 Å². The molecule has 4 rings (SSSR count). The van der Waals surface area contributed by atoms with Crippen LogP contribution in [0.3, 0.4) is 0 Å². The predicted molar refractivity (Wildman–Crippen MR) is 150 cm³/mol. The van der Waals surface area contributed by atoms with Crippen molar-refractivity contribution < 1.29 is 48.5 Å². The third-order valence-corrected chi connectivity index (χ3v) is 6.37. The zero-order valence-electron chi connectivity index (χ0n) is 23.6. The van der Waals surface area contributed by atoms with Crippen LogP contribution in [-0.2, 0) is 32.5 Å². The second kappa shape index (κ2) is 19.5. The number of imidazole rings is 2. The average Bonchev–Trinajstić information content (AvgIpc) is 3.73. The Kier molecular flexibility index (Phi) is 17.4. The number of hydrogen-bond donors (Lipinski definition) is 2. The Morgan fingerprint density at radius 2 is 1.26 bits per heavy atom. The van der Waals surface area contributed by atoms with E-state index in [-0.39, 0.29) is 22.4 Å². The van der Waals surface area contributed by atoms with E-state index in [0.717, 1.165) is 23.0 Å². The van der Waals surface area contributed by atoms with E-state index in [9.17, 15) is 13.2 Å². The van der Waals surface area contributed by atoms with Crippen LogP contribution in [-0.4, -0.2) is 66.3 Å². The fourth-order valence-electron chi connectivity index (χ4n) is 3.65. The van der Waals surface area contributed by atoms with Gasteiger partial charge in [-0.2, -0.15) is 19.8 Å². The summed E-state index contributed by atoms with van der Waals surface area (Å²) in [5.41, 5.74) is -4.04. The second-order valence-electron chi connectivity index (χ2n) is 9.19. The van der Waals surface area contributed by atoms with Gasteiger partial charge in [0.15, 0.2) is 21.8 Å². The van der Waals surface area contributed by atoms with Crippen LogP contribution in [0.25, 0.3) is 23.0 Å². The quantitative estimate of drug-likeness (QED) is 0.0722. The summed E-state index contributed by atoms with van der Waals surface area (Å²) < 4.78 is 58.9. The van der Waals surface area contributed by atoms with Gasteiger partial charge >= 0.3 is 27.9 Å². The summed E-state index contributed by atoms with van der Waals surface area (Å²) in [6.45, 7) is 9.15. The summed E-state index contributed by atoms with van der Waals surface area (Å²) in [6, 6.07) is 5.75. The first-order valence-electron chi connectivity index (χ1n) is 13.6. The van der Waals surface area contributed by atoms with Crippen LogP contribution in [0.15, 0.2) is 55.4 Å². The monoisotopic (exact) mass is 794 g/mol. The Morgan fingerprint density at radius 1 is 0.833 bits per heavy atom. The first-order chi connectivity index (χ1) is 19.5. The number of halogens is 3. The van der Waals surface area contributed by atoms with Crippen LogP contribution in [0.5, 0.6) is 0 Å². The van der Waals surface area contributed by atoms with Gasteiger partial charge in [-0.05, 0) is 50.5 Å². The maximum atomic E-state index is 10.7. The number of aromatic nitrogens is 5. The van der Waals surface area contributed by atoms with E-state index in [1.165, 1.54) is 64.5 Å². The van der Waals surface area contributed by atoms with Crippen molar-refractivity contribution >= 4 is 10.1 Å². The van der Waals surface area contributed by atoms with E-state index in [1.807, 2.05) is 18.2 Å². The summed E-state index contributed by atoms with van der Waals surface area (Å²) in [5, 5.41) is 0. The number of rotatable bonds is 12. The zero-order chi connectivity index (χ0) is 30.1. The molecule has 0 saturated heterocycles. The molecule has 0 amide bonds. The maximum Gasteiger partial charge on any atom is 1.00 e. The molecule has 0 saturated carbocycles. The smallest absolute Gasteiger partial charge is 0.741 e. The zero-order valence-corrected chi connectivity index (χ0v) is 26.6. The van der Waals surface area contributed by atoms with Crippen LogP contribution in [0, 0.1) is 6.67 Å². The fraction of sp³-hybridized carbons (Fsp3) is 0.481. The van der Waals surface area contributed by atoms with E-state index in [4.69, 9.17) is 13.0 Å². The third kappa shape index (κ3) is 14.0. The van der Waals surface area contributed by atoms with Crippen molar-refractivity contribution in [2.45, 2.75) is 70.7 Å². The molecule has 0 aromatic carbocycles. The molecule has 1 aliphatic heterocycles. The Labute approximate surface area is 261 Å². The molecule has 3 aromatic rings. The number of hydrogen-bond acceptors (Lipinski definition) is 8. The average molecular weight is 795 g/mol. The molecule has 238 valence electrons. The molecule has 2 N–H and O–H groups in total. The molecule has 1 aliphatic rings. The summed E-state index contributed by atoms with van der Waals surface area (Å²) in [6.07, 6.45) is 22.1. The van der Waals surface area contributed by atoms with Crippen molar-refractivity contribution in [2.24, 2.45) is 0 Å². The molecule has 0 fully saturated rings. The van der Waals surface area contributed by atoms with E-state index in [2.05, 4.69) is 67.6 Å². The number of aromatic amines is 2. The normalized spacial score (nSPS) is 12.7. The maximum absolute atomic E-state index is 10.7. The van der Waals surface area contributed by atoms with Gasteiger partial charge in [-0.1, -0.05) is 58.4 Å². The number of nitrogens with zero attached hydrogens (tertiary/aromatic N) is 5. The van der Waals surface area contributed by atoms with E-state index in [1.54, 1.807) is 24.8 Å². The van der Waals surface area contributed by atoms with Gasteiger partial charge < -0.3 is 24.3 Å². The van der Waals surface area contributed by atoms with Crippen LogP contribution in [0.4, 0.5) is 13.2 Å². The molecular formula is C27H38AuF3N7O3S-. The number of pyridine rings is 1. The predicted octanol–water partition coefficient (Wildman–Crippen LogP) is 6.27. The van der Waals surface area contributed by atoms with Crippen molar-refractivity contribution in [3.8, 4) is 23.0 Å². The SMILES string of the molecule is CCCCCCN1C=CN(CCCCCC)[CH-]1.O=S(=O)([O-])C(F)(F)F.[Au+].c1cc(-c2ncc[nH]2)nc(-c2ncc[nH]2)c1. The molecular weight excluding hydrogens is 756 g/mol. The van der Waals surface area contributed by atoms with Crippen LogP contribution < -0.4 is 0 Å². The molecule has 3 aromatic heterocycles. The molecule has 0 bridgehead atoms. The van der Waals surface area contributed by atoms with Crippen molar-refractivity contribution in [1.29, 1.82) is 0 Å². The molecule has 15 heteroatoms. The topological polar surface area (TPSA) is 134 Å². The third-order valence-electron chi connectivity index (χ3n) is 5.80. The summed E-state index contributed by atoms with van der Waals surface area (Å²) in [7, 11) is -6.09. The Balaban J connectivity index is 0.000000331. The Bertz CT molecular complexity index is 1170. The van der Waals surface area contributed by atoms with E-state index >= 15 is 0 Å². The fourth-order valence-corrected chi connectivity index (χ4v) is 3.65. The minimum Gasteiger partial charge on any atom is -0.741 e. The van der Waals surface area contributed by atoms with Crippen molar-refractivity contribution in [3.05, 3.63) is 62.1 Å². The summed E-state index contributed by atoms with van der Waals surface area (Å²) in [4.78, 5) is 23.5. The summed E-state index contributed by atoms with van der Waals surface area (Å²) in [5.74, 6) is 1.52. The van der Waals surface area contributed by atoms with Gasteiger partial charge in [-0.15, -0.1) is 0 Å². The van der Waals surface area contributed by atoms with Gasteiger partial charge in [0.2, 0.25) is 0 Å². The number of H-pyrrole nitrogens is 2. The van der Waals surface area contributed by atoms with Crippen molar-refractivity contribution in [1.82, 2.24) is 34.7 Å². The van der Waals surface area contributed by atoms with Gasteiger partial charge in [0.05, 0.1) is 0 Å². The molecule has 10 nitrogen and oxygen atoms in total. The number of nitrogens with one attached hydrogen (secondary N) is 2. The Morgan fingerprint density at radius 3 is 1.60 bits per heavy atom. The van der Waals surface area contributed by atoms with Gasteiger partial charge in [0, 0.05) is 24.8 Å². The molecule has 0 radical (unpaired) electrons. The molecule has 4 heterocycles. The second-order valence-corrected chi connectivity index (χ2v) is 10.6. The molecule has 42 heavy (non-hydrogen) atoms. The van der Waals surface area contributed by atoms with Gasteiger partial charge in [0.25, 0.3) is 0 Å². The first-order valence-corrected chi connectivity index (χ1v) is 15.0. The van der Waals surface area contributed by atoms with Gasteiger partial charge in [-0.3, -0.25) is 0 Å². The van der Waals surface area contributed by atoms with Crippen molar-refractivity contribution in [3.63, 3.8) is 0 Å². The number of unbranched alkanes of at least 4 members (excludes halogenated alkanes) is 6. The standard InChI is InChI=1S/C15H29N2.C11H9N5.CHF3O3S.Au/c1-3-5-7-9-11-16-13-14-17(15-16)12-10-8-6-4-2;1-2-8(10-12-4-5-13-10)16-9(3-1)11-14-6-7-15-11;2-1(3,4)8(5,6)7;/h13-15H,3-12H2,1-2H3;1-7H,(H,12,13)(H,14,15);(H,5,6,7);/q-1;;;+1/p-1. The van der Waals surface area contributed by atoms with Crippen molar-refractivity contribution in [2.75, 3.05) is 13.1 Å².